The number of carbonyl (C=O) groups excluding carboxylic acids is 1. The van der Waals surface area contributed by atoms with E-state index in [0.29, 0.717) is 35.7 Å². The normalized spacial score (nSPS) is 18.5. The maximum Gasteiger partial charge on any atom is 0.243 e. The number of hydrogen-bond donors (Lipinski definition) is 1. The number of nitrogens with zero attached hydrogens (tertiary/aromatic N) is 2. The highest BCUT2D eigenvalue weighted by Gasteiger charge is 2.40. The summed E-state index contributed by atoms with van der Waals surface area (Å²) in [5.74, 6) is -0.0871. The molecular weight excluding hydrogens is 394 g/mol. The second-order valence-corrected chi connectivity index (χ2v) is 10.4. The molecule has 1 fully saturated rings. The molecule has 0 unspecified atom stereocenters. The molecule has 4 rings (SSSR count). The van der Waals surface area contributed by atoms with Crippen molar-refractivity contribution < 1.29 is 13.2 Å². The van der Waals surface area contributed by atoms with E-state index >= 15 is 0 Å². The van der Waals surface area contributed by atoms with Gasteiger partial charge in [0.15, 0.2) is 0 Å². The molecule has 0 atom stereocenters. The Kier molecular flexibility index (Phi) is 5.30. The zero-order valence-corrected chi connectivity index (χ0v) is 17.8. The Morgan fingerprint density at radius 2 is 2.07 bits per heavy atom. The first-order valence-electron chi connectivity index (χ1n) is 9.58. The fourth-order valence-corrected chi connectivity index (χ4v) is 6.44. The molecule has 6 nitrogen and oxygen atoms in total. The lowest BCUT2D eigenvalue weighted by Crippen LogP contribution is -2.61. The van der Waals surface area contributed by atoms with Crippen LogP contribution in [0, 0.1) is 6.92 Å². The van der Waals surface area contributed by atoms with Crippen LogP contribution < -0.4 is 5.32 Å². The number of hydrogen-bond acceptors (Lipinski definition) is 5. The third-order valence-corrected chi connectivity index (χ3v) is 8.59. The summed E-state index contributed by atoms with van der Waals surface area (Å²) in [5, 5.41) is 4.91. The van der Waals surface area contributed by atoms with Gasteiger partial charge in [-0.15, -0.1) is 11.3 Å². The average molecular weight is 420 g/mol. The zero-order chi connectivity index (χ0) is 19.9. The summed E-state index contributed by atoms with van der Waals surface area (Å²) in [4.78, 5) is 15.7. The molecule has 2 aliphatic rings. The van der Waals surface area contributed by atoms with Crippen molar-refractivity contribution in [1.82, 2.24) is 9.21 Å². The van der Waals surface area contributed by atoms with Crippen molar-refractivity contribution in [2.24, 2.45) is 0 Å². The van der Waals surface area contributed by atoms with Crippen molar-refractivity contribution in [3.05, 3.63) is 45.6 Å². The van der Waals surface area contributed by atoms with Gasteiger partial charge in [-0.3, -0.25) is 9.69 Å². The smallest absolute Gasteiger partial charge is 0.243 e. The van der Waals surface area contributed by atoms with Crippen molar-refractivity contribution in [3.8, 4) is 0 Å². The number of sulfonamides is 1. The summed E-state index contributed by atoms with van der Waals surface area (Å²) in [5.41, 5.74) is 2.67. The second-order valence-electron chi connectivity index (χ2n) is 7.45. The summed E-state index contributed by atoms with van der Waals surface area (Å²) in [6.07, 6.45) is 1.44. The van der Waals surface area contributed by atoms with Gasteiger partial charge in [0.1, 0.15) is 0 Å². The topological polar surface area (TPSA) is 69.7 Å². The Bertz CT molecular complexity index is 994. The summed E-state index contributed by atoms with van der Waals surface area (Å²) in [6.45, 7) is 6.54. The fraction of sp³-hybridized carbons (Fsp3) is 0.450. The minimum absolute atomic E-state index is 0.0871. The Hall–Kier alpha value is -1.74. The molecule has 0 saturated carbocycles. The van der Waals surface area contributed by atoms with Gasteiger partial charge in [0.05, 0.1) is 4.90 Å². The van der Waals surface area contributed by atoms with Gasteiger partial charge in [-0.1, -0.05) is 6.92 Å². The van der Waals surface area contributed by atoms with E-state index in [-0.39, 0.29) is 11.9 Å². The summed E-state index contributed by atoms with van der Waals surface area (Å²) in [6, 6.07) is 7.45. The first-order valence-corrected chi connectivity index (χ1v) is 11.9. The molecule has 1 aromatic carbocycles. The van der Waals surface area contributed by atoms with E-state index in [9.17, 15) is 13.2 Å². The quantitative estimate of drug-likeness (QED) is 0.809. The van der Waals surface area contributed by atoms with Gasteiger partial charge >= 0.3 is 0 Å². The number of carbonyl (C=O) groups is 1. The largest absolute Gasteiger partial charge is 0.326 e. The van der Waals surface area contributed by atoms with Gasteiger partial charge in [0, 0.05) is 49.2 Å². The van der Waals surface area contributed by atoms with Crippen LogP contribution in [-0.2, 0) is 27.8 Å². The maximum atomic E-state index is 13.0. The standard InChI is InChI=1S/C20H25N3O3S2/c1-3-20(24)21-16-4-5-19(14(2)10-16)28(25,26)23-12-17(13-23)22-8-6-18-15(11-22)7-9-27-18/h4-5,7,9-10,17H,3,6,8,11-13H2,1-2H3,(H,21,24). The molecule has 2 aliphatic heterocycles. The molecule has 3 heterocycles. The van der Waals surface area contributed by atoms with Crippen LogP contribution in [0.2, 0.25) is 0 Å². The number of anilines is 1. The van der Waals surface area contributed by atoms with E-state index in [0.717, 1.165) is 19.5 Å². The highest BCUT2D eigenvalue weighted by molar-refractivity contribution is 7.89. The minimum Gasteiger partial charge on any atom is -0.326 e. The Balaban J connectivity index is 1.42. The third-order valence-electron chi connectivity index (χ3n) is 5.58. The Morgan fingerprint density at radius 3 is 2.79 bits per heavy atom. The lowest BCUT2D eigenvalue weighted by molar-refractivity contribution is -0.115. The van der Waals surface area contributed by atoms with E-state index in [4.69, 9.17) is 0 Å². The predicted octanol–water partition coefficient (Wildman–Crippen LogP) is 2.84. The number of nitrogens with one attached hydrogen (secondary N) is 1. The first kappa shape index (κ1) is 19.6. The van der Waals surface area contributed by atoms with Gasteiger partial charge in [0.2, 0.25) is 15.9 Å². The maximum absolute atomic E-state index is 13.0. The van der Waals surface area contributed by atoms with Crippen molar-refractivity contribution in [2.45, 2.75) is 44.2 Å². The number of amides is 1. The SMILES string of the molecule is CCC(=O)Nc1ccc(S(=O)(=O)N2CC(N3CCc4sccc4C3)C2)c(C)c1. The molecule has 8 heteroatoms. The molecule has 1 saturated heterocycles. The van der Waals surface area contributed by atoms with Crippen LogP contribution in [0.4, 0.5) is 5.69 Å². The molecule has 1 N–H and O–H groups in total. The van der Waals surface area contributed by atoms with Crippen molar-refractivity contribution >= 4 is 33.0 Å². The number of fused-ring (bicyclic) bond motifs is 1. The lowest BCUT2D eigenvalue weighted by atomic mass is 10.0. The third kappa shape index (κ3) is 3.61. The van der Waals surface area contributed by atoms with E-state index in [1.165, 1.54) is 10.4 Å². The van der Waals surface area contributed by atoms with Gasteiger partial charge in [-0.2, -0.15) is 4.31 Å². The van der Waals surface area contributed by atoms with E-state index < -0.39 is 10.0 Å². The highest BCUT2D eigenvalue weighted by Crippen LogP contribution is 2.31. The van der Waals surface area contributed by atoms with Crippen LogP contribution in [-0.4, -0.2) is 49.2 Å². The molecule has 150 valence electrons. The van der Waals surface area contributed by atoms with Gasteiger partial charge in [0.25, 0.3) is 0 Å². The van der Waals surface area contributed by atoms with Gasteiger partial charge < -0.3 is 5.32 Å². The van der Waals surface area contributed by atoms with Gasteiger partial charge in [-0.25, -0.2) is 8.42 Å². The number of thiophene rings is 1. The molecule has 1 amide bonds. The van der Waals surface area contributed by atoms with E-state index in [1.807, 2.05) is 11.3 Å². The molecule has 28 heavy (non-hydrogen) atoms. The number of benzene rings is 1. The lowest BCUT2D eigenvalue weighted by Gasteiger charge is -2.45. The van der Waals surface area contributed by atoms with E-state index in [2.05, 4.69) is 21.7 Å². The molecular formula is C20H25N3O3S2. The van der Waals surface area contributed by atoms with Crippen LogP contribution in [0.3, 0.4) is 0 Å². The van der Waals surface area contributed by atoms with Gasteiger partial charge in [-0.05, 0) is 54.1 Å². The minimum atomic E-state index is -3.51. The molecule has 2 aromatic rings. The highest BCUT2D eigenvalue weighted by atomic mass is 32.2. The first-order chi connectivity index (χ1) is 13.4. The Morgan fingerprint density at radius 1 is 1.29 bits per heavy atom. The molecule has 0 aliphatic carbocycles. The molecule has 0 spiro atoms. The van der Waals surface area contributed by atoms with E-state index in [1.54, 1.807) is 36.4 Å². The number of aryl methyl sites for hydroxylation is 1. The second kappa shape index (κ2) is 7.59. The van der Waals surface area contributed by atoms with Crippen LogP contribution in [0.25, 0.3) is 0 Å². The van der Waals surface area contributed by atoms with Crippen LogP contribution in [0.15, 0.2) is 34.5 Å². The molecule has 0 bridgehead atoms. The van der Waals surface area contributed by atoms with Crippen LogP contribution in [0.5, 0.6) is 0 Å². The summed E-state index contributed by atoms with van der Waals surface area (Å²) < 4.78 is 27.6. The average Bonchev–Trinajstić information content (AvgIpc) is 3.07. The zero-order valence-electron chi connectivity index (χ0n) is 16.1. The summed E-state index contributed by atoms with van der Waals surface area (Å²) in [7, 11) is -3.51. The monoisotopic (exact) mass is 419 g/mol. The van der Waals surface area contributed by atoms with Crippen LogP contribution in [0.1, 0.15) is 29.3 Å². The predicted molar refractivity (Wildman–Crippen MR) is 111 cm³/mol. The fourth-order valence-electron chi connectivity index (χ4n) is 3.83. The Labute approximate surface area is 170 Å². The molecule has 0 radical (unpaired) electrons. The summed E-state index contributed by atoms with van der Waals surface area (Å²) >= 11 is 1.82. The number of rotatable bonds is 5. The van der Waals surface area contributed by atoms with Crippen molar-refractivity contribution in [3.63, 3.8) is 0 Å². The van der Waals surface area contributed by atoms with Crippen molar-refractivity contribution in [1.29, 1.82) is 0 Å². The molecule has 1 aromatic heterocycles. The van der Waals surface area contributed by atoms with Crippen molar-refractivity contribution in [2.75, 3.05) is 25.0 Å². The van der Waals surface area contributed by atoms with Crippen LogP contribution >= 0.6 is 11.3 Å².